The molecule has 1 aliphatic heterocycles. The first-order chi connectivity index (χ1) is 15.4. The van der Waals surface area contributed by atoms with Crippen LogP contribution in [0.4, 0.5) is 17.3 Å². The predicted octanol–water partition coefficient (Wildman–Crippen LogP) is 3.53. The van der Waals surface area contributed by atoms with Gasteiger partial charge in [-0.3, -0.25) is 9.78 Å². The van der Waals surface area contributed by atoms with Crippen molar-refractivity contribution in [2.24, 2.45) is 5.92 Å². The topological polar surface area (TPSA) is 86.3 Å². The molecule has 2 aromatic heterocycles. The highest BCUT2D eigenvalue weighted by molar-refractivity contribution is 7.80. The monoisotopic (exact) mass is 449 g/mol. The third kappa shape index (κ3) is 4.77. The maximum Gasteiger partial charge on any atom is 0.222 e. The van der Waals surface area contributed by atoms with E-state index in [0.29, 0.717) is 16.8 Å². The summed E-state index contributed by atoms with van der Waals surface area (Å²) in [7, 11) is 0. The molecule has 1 amide bonds. The Labute approximate surface area is 193 Å². The Bertz CT molecular complexity index is 1110. The molecule has 32 heavy (non-hydrogen) atoms. The summed E-state index contributed by atoms with van der Waals surface area (Å²) in [6, 6.07) is 13.9. The highest BCUT2D eigenvalue weighted by atomic mass is 32.1. The Morgan fingerprint density at radius 3 is 2.66 bits per heavy atom. The second-order valence-electron chi connectivity index (χ2n) is 8.21. The molecule has 166 valence electrons. The van der Waals surface area contributed by atoms with Crippen molar-refractivity contribution in [1.82, 2.24) is 20.1 Å². The van der Waals surface area contributed by atoms with Crippen LogP contribution in [0.15, 0.2) is 48.7 Å². The fourth-order valence-corrected chi connectivity index (χ4v) is 4.32. The summed E-state index contributed by atoms with van der Waals surface area (Å²) >= 11 is 5.84. The summed E-state index contributed by atoms with van der Waals surface area (Å²) in [4.78, 5) is 20.1. The maximum absolute atomic E-state index is 11.2. The lowest BCUT2D eigenvalue weighted by molar-refractivity contribution is -0.114. The van der Waals surface area contributed by atoms with Crippen LogP contribution in [0.5, 0.6) is 0 Å². The summed E-state index contributed by atoms with van der Waals surface area (Å²) in [6.45, 7) is 8.19. The van der Waals surface area contributed by atoms with E-state index in [1.165, 1.54) is 6.92 Å². The van der Waals surface area contributed by atoms with Gasteiger partial charge in [-0.05, 0) is 54.5 Å². The number of carbonyl (C=O) groups is 1. The number of hydrogen-bond acceptors (Lipinski definition) is 6. The van der Waals surface area contributed by atoms with Crippen molar-refractivity contribution >= 4 is 51.5 Å². The maximum atomic E-state index is 11.2. The average Bonchev–Trinajstić information content (AvgIpc) is 2.79. The van der Waals surface area contributed by atoms with Crippen LogP contribution < -0.4 is 15.5 Å². The van der Waals surface area contributed by atoms with Gasteiger partial charge in [-0.15, -0.1) is 10.2 Å². The summed E-state index contributed by atoms with van der Waals surface area (Å²) < 4.78 is 0. The van der Waals surface area contributed by atoms with Gasteiger partial charge in [-0.2, -0.15) is 0 Å². The molecule has 9 heteroatoms. The fraction of sp³-hybridized carbons (Fsp3) is 0.348. The van der Waals surface area contributed by atoms with Gasteiger partial charge in [0.2, 0.25) is 5.91 Å². The minimum absolute atomic E-state index is 0.163. The van der Waals surface area contributed by atoms with Crippen LogP contribution >= 0.6 is 12.2 Å². The Hall–Kier alpha value is -3.33. The Morgan fingerprint density at radius 1 is 1.09 bits per heavy atom. The quantitative estimate of drug-likeness (QED) is 0.585. The zero-order valence-electron chi connectivity index (χ0n) is 18.4. The van der Waals surface area contributed by atoms with Gasteiger partial charge >= 0.3 is 0 Å². The van der Waals surface area contributed by atoms with E-state index in [4.69, 9.17) is 12.2 Å². The van der Waals surface area contributed by atoms with Gasteiger partial charge < -0.3 is 20.4 Å². The number of carbonyl (C=O) groups excluding carboxylic acids is 1. The lowest BCUT2D eigenvalue weighted by atomic mass is 10.00. The third-order valence-corrected chi connectivity index (χ3v) is 5.95. The van der Waals surface area contributed by atoms with E-state index < -0.39 is 0 Å². The molecule has 0 bridgehead atoms. The summed E-state index contributed by atoms with van der Waals surface area (Å²) in [5.41, 5.74) is 1.90. The predicted molar refractivity (Wildman–Crippen MR) is 132 cm³/mol. The third-order valence-electron chi connectivity index (χ3n) is 5.61. The lowest BCUT2D eigenvalue weighted by Gasteiger charge is -2.45. The van der Waals surface area contributed by atoms with Crippen LogP contribution in [0.25, 0.3) is 10.9 Å². The van der Waals surface area contributed by atoms with E-state index in [2.05, 4.69) is 55.5 Å². The molecule has 3 heterocycles. The van der Waals surface area contributed by atoms with Crippen molar-refractivity contribution in [3.8, 4) is 0 Å². The van der Waals surface area contributed by atoms with Gasteiger partial charge in [0.15, 0.2) is 16.7 Å². The van der Waals surface area contributed by atoms with Crippen LogP contribution in [0.2, 0.25) is 0 Å². The molecule has 4 rings (SSSR count). The van der Waals surface area contributed by atoms with E-state index in [9.17, 15) is 4.79 Å². The molecule has 8 nitrogen and oxygen atoms in total. The SMILES string of the molecule is CC(=O)Nc1ccc(N2CCN(C(=S)Nc3cccc4ncccc34)C(C(C)C)C2)nn1. The number of pyridine rings is 1. The molecule has 0 radical (unpaired) electrons. The number of nitrogens with one attached hydrogen (secondary N) is 2. The second-order valence-corrected chi connectivity index (χ2v) is 8.60. The molecule has 1 fully saturated rings. The Balaban J connectivity index is 1.48. The Kier molecular flexibility index (Phi) is 6.45. The highest BCUT2D eigenvalue weighted by Crippen LogP contribution is 2.25. The molecule has 2 N–H and O–H groups in total. The molecule has 1 aromatic carbocycles. The number of aromatic nitrogens is 3. The zero-order valence-corrected chi connectivity index (χ0v) is 19.3. The van der Waals surface area contributed by atoms with Gasteiger partial charge in [0, 0.05) is 43.8 Å². The number of fused-ring (bicyclic) bond motifs is 1. The van der Waals surface area contributed by atoms with Crippen molar-refractivity contribution in [1.29, 1.82) is 0 Å². The largest absolute Gasteiger partial charge is 0.351 e. The summed E-state index contributed by atoms with van der Waals surface area (Å²) in [6.07, 6.45) is 1.80. The van der Waals surface area contributed by atoms with E-state index in [-0.39, 0.29) is 11.9 Å². The molecule has 3 aromatic rings. The van der Waals surface area contributed by atoms with Crippen LogP contribution in [0, 0.1) is 5.92 Å². The standard InChI is InChI=1S/C23H27N7OS/c1-15(2)20-14-29(22-10-9-21(27-28-22)25-16(3)31)12-13-30(20)23(32)26-19-8-4-7-18-17(19)6-5-11-24-18/h4-11,15,20H,12-14H2,1-3H3,(H,26,32)(H,25,27,31). The molecule has 1 atom stereocenters. The number of hydrogen-bond donors (Lipinski definition) is 2. The zero-order chi connectivity index (χ0) is 22.7. The van der Waals surface area contributed by atoms with E-state index in [1.807, 2.05) is 30.3 Å². The van der Waals surface area contributed by atoms with Gasteiger partial charge in [0.25, 0.3) is 0 Å². The van der Waals surface area contributed by atoms with Gasteiger partial charge in [-0.25, -0.2) is 0 Å². The van der Waals surface area contributed by atoms with Crippen molar-refractivity contribution in [2.45, 2.75) is 26.8 Å². The minimum Gasteiger partial charge on any atom is -0.351 e. The number of benzene rings is 1. The van der Waals surface area contributed by atoms with E-state index >= 15 is 0 Å². The van der Waals surface area contributed by atoms with E-state index in [1.54, 1.807) is 12.3 Å². The molecule has 0 spiro atoms. The number of amides is 1. The Morgan fingerprint density at radius 2 is 1.94 bits per heavy atom. The molecule has 1 aliphatic rings. The van der Waals surface area contributed by atoms with Crippen LogP contribution in [0.1, 0.15) is 20.8 Å². The van der Waals surface area contributed by atoms with Gasteiger partial charge in [0.05, 0.1) is 11.6 Å². The summed E-state index contributed by atoms with van der Waals surface area (Å²) in [5, 5.41) is 16.3. The first kappa shape index (κ1) is 21.9. The smallest absolute Gasteiger partial charge is 0.222 e. The first-order valence-electron chi connectivity index (χ1n) is 10.7. The molecule has 0 saturated carbocycles. The van der Waals surface area contributed by atoms with Crippen molar-refractivity contribution in [3.05, 3.63) is 48.7 Å². The van der Waals surface area contributed by atoms with Crippen molar-refractivity contribution in [2.75, 3.05) is 35.2 Å². The van der Waals surface area contributed by atoms with E-state index in [0.717, 1.165) is 42.0 Å². The lowest BCUT2D eigenvalue weighted by Crippen LogP contribution is -2.58. The van der Waals surface area contributed by atoms with Gasteiger partial charge in [0.1, 0.15) is 0 Å². The second kappa shape index (κ2) is 9.44. The number of rotatable bonds is 4. The normalized spacial score (nSPS) is 16.3. The molecular weight excluding hydrogens is 422 g/mol. The molecular formula is C23H27N7OS. The highest BCUT2D eigenvalue weighted by Gasteiger charge is 2.31. The van der Waals surface area contributed by atoms with Crippen LogP contribution in [-0.4, -0.2) is 56.8 Å². The molecule has 1 saturated heterocycles. The van der Waals surface area contributed by atoms with Crippen LogP contribution in [0.3, 0.4) is 0 Å². The fourth-order valence-electron chi connectivity index (χ4n) is 3.98. The summed E-state index contributed by atoms with van der Waals surface area (Å²) in [5.74, 6) is 1.47. The number of nitrogens with zero attached hydrogens (tertiary/aromatic N) is 5. The number of anilines is 3. The van der Waals surface area contributed by atoms with Crippen molar-refractivity contribution < 1.29 is 4.79 Å². The van der Waals surface area contributed by atoms with Gasteiger partial charge in [-0.1, -0.05) is 19.9 Å². The molecule has 1 unspecified atom stereocenters. The molecule has 0 aliphatic carbocycles. The minimum atomic E-state index is -0.163. The van der Waals surface area contributed by atoms with Crippen LogP contribution in [-0.2, 0) is 4.79 Å². The van der Waals surface area contributed by atoms with Crippen molar-refractivity contribution in [3.63, 3.8) is 0 Å². The first-order valence-corrected chi connectivity index (χ1v) is 11.1. The number of piperazine rings is 1. The average molecular weight is 450 g/mol. The number of thiocarbonyl (C=S) groups is 1.